The summed E-state index contributed by atoms with van der Waals surface area (Å²) < 4.78 is 5.07. The van der Waals surface area contributed by atoms with Crippen LogP contribution in [0.5, 0.6) is 5.75 Å². The molecule has 0 atom stereocenters. The fraction of sp³-hybridized carbons (Fsp3) is 0.182. The van der Waals surface area contributed by atoms with Gasteiger partial charge in [0, 0.05) is 13.3 Å². The van der Waals surface area contributed by atoms with Crippen LogP contribution in [0.15, 0.2) is 12.4 Å². The van der Waals surface area contributed by atoms with Gasteiger partial charge in [-0.2, -0.15) is 0 Å². The third kappa shape index (κ3) is 2.34. The van der Waals surface area contributed by atoms with Crippen molar-refractivity contribution >= 4 is 34.6 Å². The van der Waals surface area contributed by atoms with Crippen molar-refractivity contribution < 1.29 is 19.4 Å². The van der Waals surface area contributed by atoms with Gasteiger partial charge < -0.3 is 14.8 Å². The van der Waals surface area contributed by atoms with Crippen molar-refractivity contribution in [3.8, 4) is 5.75 Å². The van der Waals surface area contributed by atoms with E-state index in [-0.39, 0.29) is 17.0 Å². The number of hydrogen-bond acceptors (Lipinski definition) is 5. The number of aromatic nitrogens is 2. The van der Waals surface area contributed by atoms with E-state index in [2.05, 4.69) is 9.97 Å². The molecule has 2 aromatic heterocycles. The summed E-state index contributed by atoms with van der Waals surface area (Å²) in [4.78, 5) is 28.5. The van der Waals surface area contributed by atoms with Gasteiger partial charge in [-0.3, -0.25) is 9.59 Å². The predicted molar refractivity (Wildman–Crippen MR) is 66.2 cm³/mol. The summed E-state index contributed by atoms with van der Waals surface area (Å²) in [6.07, 6.45) is 3.06. The Bertz CT molecular complexity index is 580. The first-order valence-corrected chi connectivity index (χ1v) is 5.20. The highest BCUT2D eigenvalue weighted by atomic mass is 35.5. The highest BCUT2D eigenvalue weighted by Crippen LogP contribution is 2.31. The van der Waals surface area contributed by atoms with E-state index >= 15 is 0 Å². The number of ether oxygens (including phenoxy) is 1. The molecule has 0 aliphatic heterocycles. The number of carbonyl (C=O) groups is 2. The van der Waals surface area contributed by atoms with E-state index in [0.29, 0.717) is 16.7 Å². The number of nitrogens with one attached hydrogen (secondary N) is 1. The standard InChI is InChI=1S/C10H7ClN2O3.CH4O/c1-16-7-3-13-10(11)9-8(7)5(2-12-9)6(15)4-14;1-2/h2-4,12H,1H3;2H,1H3. The van der Waals surface area contributed by atoms with Gasteiger partial charge in [0.05, 0.1) is 29.8 Å². The molecule has 0 amide bonds. The van der Waals surface area contributed by atoms with Crippen molar-refractivity contribution in [2.45, 2.75) is 0 Å². The monoisotopic (exact) mass is 270 g/mol. The second-order valence-electron chi connectivity index (χ2n) is 3.05. The summed E-state index contributed by atoms with van der Waals surface area (Å²) in [6.45, 7) is 0. The first-order valence-electron chi connectivity index (χ1n) is 4.82. The third-order valence-corrected chi connectivity index (χ3v) is 2.51. The lowest BCUT2D eigenvalue weighted by Crippen LogP contribution is -1.99. The minimum atomic E-state index is -0.633. The van der Waals surface area contributed by atoms with E-state index in [0.717, 1.165) is 7.11 Å². The Kier molecular flexibility index (Phi) is 4.82. The number of pyridine rings is 1. The average molecular weight is 271 g/mol. The van der Waals surface area contributed by atoms with Crippen LogP contribution in [0, 0.1) is 0 Å². The maximum Gasteiger partial charge on any atom is 0.227 e. The van der Waals surface area contributed by atoms with Crippen LogP contribution >= 0.6 is 11.6 Å². The molecule has 0 aliphatic rings. The van der Waals surface area contributed by atoms with Crippen LogP contribution in [0.1, 0.15) is 10.4 Å². The van der Waals surface area contributed by atoms with Gasteiger partial charge >= 0.3 is 0 Å². The van der Waals surface area contributed by atoms with E-state index < -0.39 is 5.78 Å². The van der Waals surface area contributed by atoms with Gasteiger partial charge in [0.1, 0.15) is 5.75 Å². The topological polar surface area (TPSA) is 92.3 Å². The molecule has 2 heterocycles. The molecule has 0 spiro atoms. The summed E-state index contributed by atoms with van der Waals surface area (Å²) in [6, 6.07) is 0. The van der Waals surface area contributed by atoms with Crippen LogP contribution in [0.2, 0.25) is 5.15 Å². The minimum Gasteiger partial charge on any atom is -0.494 e. The molecule has 2 rings (SSSR count). The largest absolute Gasteiger partial charge is 0.494 e. The minimum absolute atomic E-state index is 0.223. The van der Waals surface area contributed by atoms with E-state index in [9.17, 15) is 9.59 Å². The average Bonchev–Trinajstić information content (AvgIpc) is 2.86. The number of aromatic amines is 1. The zero-order valence-electron chi connectivity index (χ0n) is 9.73. The van der Waals surface area contributed by atoms with Gasteiger partial charge in [-0.05, 0) is 0 Å². The number of hydrogen-bond donors (Lipinski definition) is 2. The second-order valence-corrected chi connectivity index (χ2v) is 3.41. The van der Waals surface area contributed by atoms with Crippen molar-refractivity contribution in [2.24, 2.45) is 0 Å². The summed E-state index contributed by atoms with van der Waals surface area (Å²) >= 11 is 5.85. The first-order chi connectivity index (χ1) is 8.69. The summed E-state index contributed by atoms with van der Waals surface area (Å²) in [5.74, 6) is -0.238. The lowest BCUT2D eigenvalue weighted by molar-refractivity contribution is -0.104. The molecule has 2 aromatic rings. The number of methoxy groups -OCH3 is 1. The van der Waals surface area contributed by atoms with Gasteiger partial charge in [-0.15, -0.1) is 0 Å². The number of ketones is 1. The van der Waals surface area contributed by atoms with Gasteiger partial charge in [0.2, 0.25) is 5.78 Å². The molecule has 18 heavy (non-hydrogen) atoms. The molecule has 0 aliphatic carbocycles. The Morgan fingerprint density at radius 2 is 2.22 bits per heavy atom. The number of halogens is 1. The van der Waals surface area contributed by atoms with E-state index in [1.807, 2.05) is 0 Å². The molecular formula is C11H11ClN2O4. The maximum atomic E-state index is 11.4. The molecule has 0 fully saturated rings. The Hall–Kier alpha value is -1.92. The Morgan fingerprint density at radius 3 is 2.78 bits per heavy atom. The molecule has 0 saturated heterocycles. The normalized spacial score (nSPS) is 9.56. The summed E-state index contributed by atoms with van der Waals surface area (Å²) in [7, 11) is 2.45. The lowest BCUT2D eigenvalue weighted by Gasteiger charge is -2.02. The maximum absolute atomic E-state index is 11.4. The smallest absolute Gasteiger partial charge is 0.227 e. The van der Waals surface area contributed by atoms with Crippen molar-refractivity contribution in [3.05, 3.63) is 23.1 Å². The fourth-order valence-electron chi connectivity index (χ4n) is 1.50. The number of nitrogens with zero attached hydrogens (tertiary/aromatic N) is 1. The van der Waals surface area contributed by atoms with Crippen LogP contribution in [-0.4, -0.2) is 41.4 Å². The van der Waals surface area contributed by atoms with Crippen LogP contribution in [-0.2, 0) is 4.79 Å². The highest BCUT2D eigenvalue weighted by Gasteiger charge is 2.17. The number of fused-ring (bicyclic) bond motifs is 1. The number of aldehydes is 1. The first kappa shape index (κ1) is 14.1. The van der Waals surface area contributed by atoms with Gasteiger partial charge in [-0.25, -0.2) is 4.98 Å². The SMILES string of the molecule is CO.COc1cnc(Cl)c2[nH]cc(C(=O)C=O)c12. The van der Waals surface area contributed by atoms with Gasteiger partial charge in [0.25, 0.3) is 0 Å². The van der Waals surface area contributed by atoms with Crippen LogP contribution in [0.3, 0.4) is 0 Å². The molecular weight excluding hydrogens is 260 g/mol. The van der Waals surface area contributed by atoms with Crippen LogP contribution < -0.4 is 4.74 Å². The highest BCUT2D eigenvalue weighted by molar-refractivity contribution is 6.39. The molecule has 0 saturated carbocycles. The molecule has 0 radical (unpaired) electrons. The van der Waals surface area contributed by atoms with E-state index in [4.69, 9.17) is 21.4 Å². The van der Waals surface area contributed by atoms with Crippen LogP contribution in [0.4, 0.5) is 0 Å². The number of carbonyl (C=O) groups excluding carboxylic acids is 2. The van der Waals surface area contributed by atoms with E-state index in [1.54, 1.807) is 0 Å². The van der Waals surface area contributed by atoms with Crippen LogP contribution in [0.25, 0.3) is 10.9 Å². The molecule has 0 aromatic carbocycles. The number of aliphatic hydroxyl groups is 1. The Morgan fingerprint density at radius 1 is 1.56 bits per heavy atom. The third-order valence-electron chi connectivity index (χ3n) is 2.22. The number of rotatable bonds is 3. The fourth-order valence-corrected chi connectivity index (χ4v) is 1.70. The number of aliphatic hydroxyl groups excluding tert-OH is 1. The Labute approximate surface area is 108 Å². The molecule has 7 heteroatoms. The summed E-state index contributed by atoms with van der Waals surface area (Å²) in [5, 5.41) is 7.69. The summed E-state index contributed by atoms with van der Waals surface area (Å²) in [5.41, 5.74) is 0.706. The van der Waals surface area contributed by atoms with Crippen molar-refractivity contribution in [1.82, 2.24) is 9.97 Å². The quantitative estimate of drug-likeness (QED) is 0.379. The molecule has 96 valence electrons. The predicted octanol–water partition coefficient (Wildman–Crippen LogP) is 1.21. The lowest BCUT2D eigenvalue weighted by atomic mass is 10.1. The Balaban J connectivity index is 0.000000771. The molecule has 6 nitrogen and oxygen atoms in total. The van der Waals surface area contributed by atoms with Crippen molar-refractivity contribution in [1.29, 1.82) is 0 Å². The number of Topliss-reactive ketones (excluding diaryl/α,β-unsaturated/α-hetero) is 1. The second kappa shape index (κ2) is 6.13. The molecule has 0 bridgehead atoms. The molecule has 2 N–H and O–H groups in total. The number of H-pyrrole nitrogens is 1. The van der Waals surface area contributed by atoms with Crippen molar-refractivity contribution in [3.63, 3.8) is 0 Å². The van der Waals surface area contributed by atoms with Gasteiger partial charge in [0.15, 0.2) is 11.4 Å². The zero-order chi connectivity index (χ0) is 13.7. The zero-order valence-corrected chi connectivity index (χ0v) is 10.5. The van der Waals surface area contributed by atoms with Crippen molar-refractivity contribution in [2.75, 3.05) is 14.2 Å². The molecule has 0 unspecified atom stereocenters. The van der Waals surface area contributed by atoms with Gasteiger partial charge in [-0.1, -0.05) is 11.6 Å². The van der Waals surface area contributed by atoms with E-state index in [1.165, 1.54) is 19.5 Å².